The molecule has 2 heterocycles. The number of hydrogen-bond acceptors (Lipinski definition) is 3. The highest BCUT2D eigenvalue weighted by atomic mass is 79.9. The summed E-state index contributed by atoms with van der Waals surface area (Å²) < 4.78 is 8.00. The predicted octanol–water partition coefficient (Wildman–Crippen LogP) is 3.50. The monoisotopic (exact) mass is 341 g/mol. The number of fused-ring (bicyclic) bond motifs is 1. The number of benzene rings is 1. The lowest BCUT2D eigenvalue weighted by Crippen LogP contribution is -1.99. The van der Waals surface area contributed by atoms with E-state index in [0.29, 0.717) is 6.54 Å². The summed E-state index contributed by atoms with van der Waals surface area (Å²) in [4.78, 5) is 9.06. The Balaban J connectivity index is 2.20. The first kappa shape index (κ1) is 13.7. The fraction of sp³-hybridized carbons (Fsp3) is 0.125. The third-order valence-electron chi connectivity index (χ3n) is 3.15. The van der Waals surface area contributed by atoms with Crippen LogP contribution in [0.4, 0.5) is 0 Å². The molecule has 4 nitrogen and oxygen atoms in total. The molecule has 1 aromatic carbocycles. The van der Waals surface area contributed by atoms with E-state index in [9.17, 15) is 0 Å². The standard InChI is InChI=1S/C16H12BrN3O/c1-3-8-20-15(11-4-6-13(21-2)7-5-11)19-14-9-12(17)10-18-16(14)20/h1,4-7,9-10H,8H2,2H3. The Morgan fingerprint density at radius 2 is 2.10 bits per heavy atom. The van der Waals surface area contributed by atoms with Crippen molar-refractivity contribution in [2.45, 2.75) is 6.54 Å². The lowest BCUT2D eigenvalue weighted by molar-refractivity contribution is 0.415. The van der Waals surface area contributed by atoms with Gasteiger partial charge >= 0.3 is 0 Å². The Hall–Kier alpha value is -2.32. The van der Waals surface area contributed by atoms with Crippen LogP contribution in [0.1, 0.15) is 0 Å². The molecule has 0 unspecified atom stereocenters. The molecular formula is C16H12BrN3O. The van der Waals surface area contributed by atoms with Gasteiger partial charge in [-0.2, -0.15) is 0 Å². The van der Waals surface area contributed by atoms with Gasteiger partial charge in [-0.15, -0.1) is 6.42 Å². The van der Waals surface area contributed by atoms with Crippen molar-refractivity contribution in [1.82, 2.24) is 14.5 Å². The largest absolute Gasteiger partial charge is 0.497 e. The molecule has 0 aliphatic heterocycles. The van der Waals surface area contributed by atoms with Crippen LogP contribution in [0, 0.1) is 12.3 Å². The van der Waals surface area contributed by atoms with Gasteiger partial charge in [-0.1, -0.05) is 5.92 Å². The van der Waals surface area contributed by atoms with Crippen molar-refractivity contribution in [3.8, 4) is 29.5 Å². The highest BCUT2D eigenvalue weighted by molar-refractivity contribution is 9.10. The van der Waals surface area contributed by atoms with Gasteiger partial charge in [-0.3, -0.25) is 4.57 Å². The summed E-state index contributed by atoms with van der Waals surface area (Å²) in [6, 6.07) is 9.66. The topological polar surface area (TPSA) is 39.9 Å². The molecule has 5 heteroatoms. The van der Waals surface area contributed by atoms with Crippen molar-refractivity contribution in [2.24, 2.45) is 0 Å². The summed E-state index contributed by atoms with van der Waals surface area (Å²) in [6.07, 6.45) is 7.22. The van der Waals surface area contributed by atoms with Gasteiger partial charge in [0.15, 0.2) is 5.65 Å². The van der Waals surface area contributed by atoms with Gasteiger partial charge in [0.05, 0.1) is 13.7 Å². The number of imidazole rings is 1. The quantitative estimate of drug-likeness (QED) is 0.684. The van der Waals surface area contributed by atoms with Crippen molar-refractivity contribution in [3.05, 3.63) is 41.0 Å². The molecule has 0 amide bonds. The fourth-order valence-electron chi connectivity index (χ4n) is 2.19. The van der Waals surface area contributed by atoms with E-state index in [4.69, 9.17) is 11.2 Å². The molecule has 0 fully saturated rings. The Morgan fingerprint density at radius 3 is 2.76 bits per heavy atom. The highest BCUT2D eigenvalue weighted by Crippen LogP contribution is 2.26. The lowest BCUT2D eigenvalue weighted by atomic mass is 10.2. The second-order valence-electron chi connectivity index (χ2n) is 4.45. The number of rotatable bonds is 3. The minimum Gasteiger partial charge on any atom is -0.497 e. The van der Waals surface area contributed by atoms with Crippen molar-refractivity contribution in [1.29, 1.82) is 0 Å². The van der Waals surface area contributed by atoms with Gasteiger partial charge in [0.2, 0.25) is 0 Å². The average Bonchev–Trinajstić information content (AvgIpc) is 2.85. The average molecular weight is 342 g/mol. The van der Waals surface area contributed by atoms with Crippen LogP contribution in [-0.2, 0) is 6.54 Å². The van der Waals surface area contributed by atoms with E-state index in [2.05, 4.69) is 31.8 Å². The maximum atomic E-state index is 5.48. The van der Waals surface area contributed by atoms with E-state index >= 15 is 0 Å². The molecule has 0 radical (unpaired) electrons. The van der Waals surface area contributed by atoms with Crippen molar-refractivity contribution in [2.75, 3.05) is 7.11 Å². The number of nitrogens with zero attached hydrogens (tertiary/aromatic N) is 3. The zero-order valence-electron chi connectivity index (χ0n) is 11.4. The molecule has 21 heavy (non-hydrogen) atoms. The van der Waals surface area contributed by atoms with Crippen LogP contribution in [0.5, 0.6) is 5.75 Å². The van der Waals surface area contributed by atoms with E-state index < -0.39 is 0 Å². The van der Waals surface area contributed by atoms with E-state index in [1.807, 2.05) is 34.9 Å². The number of halogens is 1. The Morgan fingerprint density at radius 1 is 1.33 bits per heavy atom. The molecule has 0 aliphatic carbocycles. The zero-order chi connectivity index (χ0) is 14.8. The van der Waals surface area contributed by atoms with Crippen molar-refractivity contribution >= 4 is 27.1 Å². The van der Waals surface area contributed by atoms with Crippen LogP contribution in [0.15, 0.2) is 41.0 Å². The molecule has 0 spiro atoms. The first-order chi connectivity index (χ1) is 10.2. The smallest absolute Gasteiger partial charge is 0.161 e. The van der Waals surface area contributed by atoms with Gasteiger partial charge in [0, 0.05) is 16.2 Å². The van der Waals surface area contributed by atoms with E-state index in [1.165, 1.54) is 0 Å². The molecule has 104 valence electrons. The Labute approximate surface area is 130 Å². The van der Waals surface area contributed by atoms with Gasteiger partial charge < -0.3 is 4.74 Å². The van der Waals surface area contributed by atoms with Crippen LogP contribution in [-0.4, -0.2) is 21.6 Å². The number of aromatic nitrogens is 3. The summed E-state index contributed by atoms with van der Waals surface area (Å²) >= 11 is 3.41. The van der Waals surface area contributed by atoms with Gasteiger partial charge in [-0.25, -0.2) is 9.97 Å². The minimum absolute atomic E-state index is 0.423. The summed E-state index contributed by atoms with van der Waals surface area (Å²) in [6.45, 7) is 0.423. The Bertz CT molecular complexity index is 831. The molecular weight excluding hydrogens is 330 g/mol. The molecule has 0 saturated heterocycles. The summed E-state index contributed by atoms with van der Waals surface area (Å²) in [5.74, 6) is 4.26. The second-order valence-corrected chi connectivity index (χ2v) is 5.37. The third kappa shape index (κ3) is 2.50. The first-order valence-electron chi connectivity index (χ1n) is 6.32. The van der Waals surface area contributed by atoms with Gasteiger partial charge in [0.25, 0.3) is 0 Å². The van der Waals surface area contributed by atoms with E-state index in [1.54, 1.807) is 13.3 Å². The molecule has 0 aliphatic rings. The van der Waals surface area contributed by atoms with E-state index in [0.717, 1.165) is 32.8 Å². The van der Waals surface area contributed by atoms with Crippen LogP contribution < -0.4 is 4.74 Å². The van der Waals surface area contributed by atoms with Gasteiger partial charge in [-0.05, 0) is 46.3 Å². The summed E-state index contributed by atoms with van der Waals surface area (Å²) in [5, 5.41) is 0. The predicted molar refractivity (Wildman–Crippen MR) is 86.0 cm³/mol. The van der Waals surface area contributed by atoms with Crippen LogP contribution >= 0.6 is 15.9 Å². The minimum atomic E-state index is 0.423. The number of terminal acetylenes is 1. The number of hydrogen-bond donors (Lipinski definition) is 0. The van der Waals surface area contributed by atoms with Crippen molar-refractivity contribution < 1.29 is 4.74 Å². The molecule has 0 bridgehead atoms. The van der Waals surface area contributed by atoms with Crippen LogP contribution in [0.2, 0.25) is 0 Å². The third-order valence-corrected chi connectivity index (χ3v) is 3.58. The van der Waals surface area contributed by atoms with E-state index in [-0.39, 0.29) is 0 Å². The number of pyridine rings is 1. The molecule has 0 atom stereocenters. The van der Waals surface area contributed by atoms with Crippen molar-refractivity contribution in [3.63, 3.8) is 0 Å². The van der Waals surface area contributed by atoms with Crippen LogP contribution in [0.25, 0.3) is 22.6 Å². The van der Waals surface area contributed by atoms with Crippen LogP contribution in [0.3, 0.4) is 0 Å². The van der Waals surface area contributed by atoms with Gasteiger partial charge in [0.1, 0.15) is 17.1 Å². The summed E-state index contributed by atoms with van der Waals surface area (Å²) in [5.41, 5.74) is 2.56. The Kier molecular flexibility index (Phi) is 3.63. The second kappa shape index (κ2) is 5.58. The maximum absolute atomic E-state index is 5.48. The molecule has 2 aromatic heterocycles. The number of ether oxygens (including phenoxy) is 1. The zero-order valence-corrected chi connectivity index (χ0v) is 13.0. The lowest BCUT2D eigenvalue weighted by Gasteiger charge is -2.06. The highest BCUT2D eigenvalue weighted by Gasteiger charge is 2.13. The molecule has 0 N–H and O–H groups in total. The normalized spacial score (nSPS) is 10.5. The molecule has 0 saturated carbocycles. The summed E-state index contributed by atoms with van der Waals surface area (Å²) in [7, 11) is 1.64. The fourth-order valence-corrected chi connectivity index (χ4v) is 2.51. The first-order valence-corrected chi connectivity index (χ1v) is 7.12. The maximum Gasteiger partial charge on any atom is 0.161 e. The molecule has 3 aromatic rings. The SMILES string of the molecule is C#CCn1c(-c2ccc(OC)cc2)nc2cc(Br)cnc21. The number of methoxy groups -OCH3 is 1. The molecule has 3 rings (SSSR count).